The molecule has 0 bridgehead atoms. The molecule has 2 nitrogen and oxygen atoms in total. The van der Waals surface area contributed by atoms with E-state index in [-0.39, 0.29) is 0 Å². The summed E-state index contributed by atoms with van der Waals surface area (Å²) < 4.78 is 5.07. The SMILES string of the molecule is CC(NC1COC1)C1CC1. The van der Waals surface area contributed by atoms with Crippen molar-refractivity contribution >= 4 is 0 Å². The van der Waals surface area contributed by atoms with Crippen LogP contribution in [0.25, 0.3) is 0 Å². The fourth-order valence-electron chi connectivity index (χ4n) is 1.44. The summed E-state index contributed by atoms with van der Waals surface area (Å²) in [7, 11) is 0. The molecule has 0 spiro atoms. The van der Waals surface area contributed by atoms with Crippen molar-refractivity contribution in [2.24, 2.45) is 5.92 Å². The van der Waals surface area contributed by atoms with Crippen LogP contribution < -0.4 is 5.32 Å². The van der Waals surface area contributed by atoms with Crippen molar-refractivity contribution in [3.63, 3.8) is 0 Å². The molecule has 1 N–H and O–H groups in total. The summed E-state index contributed by atoms with van der Waals surface area (Å²) in [6, 6.07) is 1.39. The zero-order chi connectivity index (χ0) is 6.97. The van der Waals surface area contributed by atoms with Crippen molar-refractivity contribution in [2.45, 2.75) is 31.8 Å². The summed E-state index contributed by atoms with van der Waals surface area (Å²) in [6.45, 7) is 4.14. The van der Waals surface area contributed by atoms with Gasteiger partial charge in [-0.2, -0.15) is 0 Å². The monoisotopic (exact) mass is 141 g/mol. The van der Waals surface area contributed by atoms with Gasteiger partial charge in [-0.1, -0.05) is 0 Å². The van der Waals surface area contributed by atoms with E-state index in [2.05, 4.69) is 12.2 Å². The molecule has 1 saturated carbocycles. The van der Waals surface area contributed by atoms with Crippen LogP contribution in [0.2, 0.25) is 0 Å². The van der Waals surface area contributed by atoms with E-state index in [4.69, 9.17) is 4.74 Å². The van der Waals surface area contributed by atoms with E-state index in [0.29, 0.717) is 6.04 Å². The Kier molecular flexibility index (Phi) is 1.66. The highest BCUT2D eigenvalue weighted by Crippen LogP contribution is 2.32. The molecule has 2 rings (SSSR count). The third-order valence-electron chi connectivity index (χ3n) is 2.47. The summed E-state index contributed by atoms with van der Waals surface area (Å²) in [5, 5.41) is 3.55. The fraction of sp³-hybridized carbons (Fsp3) is 1.00. The fourth-order valence-corrected chi connectivity index (χ4v) is 1.44. The Morgan fingerprint density at radius 1 is 1.40 bits per heavy atom. The minimum absolute atomic E-state index is 0.663. The lowest BCUT2D eigenvalue weighted by Crippen LogP contribution is -2.50. The molecule has 1 aliphatic heterocycles. The molecular formula is C8H15NO. The molecule has 10 heavy (non-hydrogen) atoms. The average Bonchev–Trinajstić information content (AvgIpc) is 2.58. The van der Waals surface area contributed by atoms with Gasteiger partial charge in [0.1, 0.15) is 0 Å². The van der Waals surface area contributed by atoms with Crippen LogP contribution in [-0.4, -0.2) is 25.3 Å². The van der Waals surface area contributed by atoms with E-state index in [9.17, 15) is 0 Å². The van der Waals surface area contributed by atoms with Gasteiger partial charge < -0.3 is 10.1 Å². The largest absolute Gasteiger partial charge is 0.378 e. The Hall–Kier alpha value is -0.0800. The second-order valence-corrected chi connectivity index (χ2v) is 3.53. The van der Waals surface area contributed by atoms with Crippen molar-refractivity contribution in [1.29, 1.82) is 0 Å². The summed E-state index contributed by atoms with van der Waals surface area (Å²) in [4.78, 5) is 0. The summed E-state index contributed by atoms with van der Waals surface area (Å²) in [5.74, 6) is 0.973. The zero-order valence-electron chi connectivity index (χ0n) is 6.47. The topological polar surface area (TPSA) is 21.3 Å². The van der Waals surface area contributed by atoms with Crippen LogP contribution in [0, 0.1) is 5.92 Å². The number of ether oxygens (including phenoxy) is 1. The van der Waals surface area contributed by atoms with E-state index in [1.165, 1.54) is 12.8 Å². The van der Waals surface area contributed by atoms with Crippen LogP contribution in [0.15, 0.2) is 0 Å². The predicted molar refractivity (Wildman–Crippen MR) is 39.9 cm³/mol. The molecule has 0 aromatic heterocycles. The van der Waals surface area contributed by atoms with Crippen LogP contribution >= 0.6 is 0 Å². The van der Waals surface area contributed by atoms with E-state index in [1.807, 2.05) is 0 Å². The van der Waals surface area contributed by atoms with E-state index in [0.717, 1.165) is 25.2 Å². The second kappa shape index (κ2) is 2.51. The van der Waals surface area contributed by atoms with Crippen molar-refractivity contribution < 1.29 is 4.74 Å². The number of rotatable bonds is 3. The zero-order valence-corrected chi connectivity index (χ0v) is 6.47. The first-order valence-electron chi connectivity index (χ1n) is 4.20. The highest BCUT2D eigenvalue weighted by Gasteiger charge is 2.30. The molecule has 1 aliphatic carbocycles. The van der Waals surface area contributed by atoms with Crippen molar-refractivity contribution in [1.82, 2.24) is 5.32 Å². The van der Waals surface area contributed by atoms with Crippen LogP contribution in [0.1, 0.15) is 19.8 Å². The van der Waals surface area contributed by atoms with Crippen molar-refractivity contribution in [3.8, 4) is 0 Å². The van der Waals surface area contributed by atoms with Crippen LogP contribution in [0.3, 0.4) is 0 Å². The third kappa shape index (κ3) is 1.32. The lowest BCUT2D eigenvalue weighted by atomic mass is 10.1. The van der Waals surface area contributed by atoms with Gasteiger partial charge in [-0.05, 0) is 25.7 Å². The summed E-state index contributed by atoms with van der Waals surface area (Å²) >= 11 is 0. The molecule has 0 radical (unpaired) electrons. The molecule has 0 amide bonds. The molecule has 0 aromatic rings. The van der Waals surface area contributed by atoms with Gasteiger partial charge in [0.2, 0.25) is 0 Å². The maximum atomic E-state index is 5.07. The lowest BCUT2D eigenvalue weighted by molar-refractivity contribution is -0.0101. The van der Waals surface area contributed by atoms with Gasteiger partial charge in [0.15, 0.2) is 0 Å². The Morgan fingerprint density at radius 3 is 2.50 bits per heavy atom. The van der Waals surface area contributed by atoms with Crippen molar-refractivity contribution in [2.75, 3.05) is 13.2 Å². The molecular weight excluding hydrogens is 126 g/mol. The number of hydrogen-bond acceptors (Lipinski definition) is 2. The van der Waals surface area contributed by atoms with Gasteiger partial charge in [0, 0.05) is 6.04 Å². The average molecular weight is 141 g/mol. The van der Waals surface area contributed by atoms with Crippen LogP contribution in [0.4, 0.5) is 0 Å². The number of nitrogens with one attached hydrogen (secondary N) is 1. The molecule has 2 aliphatic rings. The molecule has 1 heterocycles. The van der Waals surface area contributed by atoms with Crippen LogP contribution in [0.5, 0.6) is 0 Å². The Balaban J connectivity index is 1.67. The normalized spacial score (nSPS) is 29.7. The highest BCUT2D eigenvalue weighted by molar-refractivity contribution is 4.87. The smallest absolute Gasteiger partial charge is 0.0643 e. The standard InChI is InChI=1S/C8H15NO/c1-6(7-2-3-7)9-8-4-10-5-8/h6-9H,2-5H2,1H3. The summed E-state index contributed by atoms with van der Waals surface area (Å²) in [5.41, 5.74) is 0. The Bertz CT molecular complexity index is 118. The second-order valence-electron chi connectivity index (χ2n) is 3.53. The minimum atomic E-state index is 0.663. The number of hydrogen-bond donors (Lipinski definition) is 1. The first-order valence-corrected chi connectivity index (χ1v) is 4.20. The first-order chi connectivity index (χ1) is 4.86. The van der Waals surface area contributed by atoms with E-state index in [1.54, 1.807) is 0 Å². The molecule has 0 aromatic carbocycles. The lowest BCUT2D eigenvalue weighted by Gasteiger charge is -2.30. The van der Waals surface area contributed by atoms with E-state index >= 15 is 0 Å². The predicted octanol–water partition coefficient (Wildman–Crippen LogP) is 0.773. The minimum Gasteiger partial charge on any atom is -0.378 e. The Labute approximate surface area is 61.9 Å². The molecule has 1 saturated heterocycles. The quantitative estimate of drug-likeness (QED) is 0.627. The van der Waals surface area contributed by atoms with Gasteiger partial charge in [0.25, 0.3) is 0 Å². The van der Waals surface area contributed by atoms with Gasteiger partial charge in [-0.15, -0.1) is 0 Å². The van der Waals surface area contributed by atoms with Crippen molar-refractivity contribution in [3.05, 3.63) is 0 Å². The maximum absolute atomic E-state index is 5.07. The van der Waals surface area contributed by atoms with E-state index < -0.39 is 0 Å². The molecule has 1 atom stereocenters. The summed E-state index contributed by atoms with van der Waals surface area (Å²) in [6.07, 6.45) is 2.86. The molecule has 58 valence electrons. The third-order valence-corrected chi connectivity index (χ3v) is 2.47. The molecule has 2 fully saturated rings. The Morgan fingerprint density at radius 2 is 2.10 bits per heavy atom. The van der Waals surface area contributed by atoms with Gasteiger partial charge in [0.05, 0.1) is 19.3 Å². The highest BCUT2D eigenvalue weighted by atomic mass is 16.5. The van der Waals surface area contributed by atoms with Crippen LogP contribution in [-0.2, 0) is 4.74 Å². The van der Waals surface area contributed by atoms with Gasteiger partial charge >= 0.3 is 0 Å². The van der Waals surface area contributed by atoms with Gasteiger partial charge in [-0.25, -0.2) is 0 Å². The molecule has 1 unspecified atom stereocenters. The molecule has 2 heteroatoms. The van der Waals surface area contributed by atoms with Gasteiger partial charge in [-0.3, -0.25) is 0 Å². The maximum Gasteiger partial charge on any atom is 0.0643 e. The first kappa shape index (κ1) is 6.62.